The first-order valence-electron chi connectivity index (χ1n) is 13.1. The van der Waals surface area contributed by atoms with Gasteiger partial charge in [-0.15, -0.1) is 0 Å². The quantitative estimate of drug-likeness (QED) is 0.625. The number of methoxy groups -OCH3 is 1. The van der Waals surface area contributed by atoms with E-state index in [1.807, 2.05) is 17.0 Å². The Labute approximate surface area is 207 Å². The molecule has 6 nitrogen and oxygen atoms in total. The highest BCUT2D eigenvalue weighted by Gasteiger charge is 2.59. The van der Waals surface area contributed by atoms with Crippen LogP contribution in [-0.2, 0) is 35.2 Å². The Hall–Kier alpha value is -2.70. The van der Waals surface area contributed by atoms with E-state index in [0.717, 1.165) is 45.2 Å². The third-order valence-corrected chi connectivity index (χ3v) is 8.95. The molecule has 0 bridgehead atoms. The summed E-state index contributed by atoms with van der Waals surface area (Å²) in [7, 11) is 1.66. The molecule has 2 saturated heterocycles. The number of fused-ring (bicyclic) bond motifs is 2. The summed E-state index contributed by atoms with van der Waals surface area (Å²) in [5, 5.41) is 0. The zero-order chi connectivity index (χ0) is 24.0. The van der Waals surface area contributed by atoms with Gasteiger partial charge in [0.05, 0.1) is 6.61 Å². The van der Waals surface area contributed by atoms with Crippen molar-refractivity contribution in [3.05, 3.63) is 70.8 Å². The molecule has 0 radical (unpaired) electrons. The Kier molecular flexibility index (Phi) is 5.89. The molecule has 2 aliphatic carbocycles. The summed E-state index contributed by atoms with van der Waals surface area (Å²) in [5.41, 5.74) is 4.73. The molecular formula is C29H35N3O3. The van der Waals surface area contributed by atoms with Crippen LogP contribution in [-0.4, -0.2) is 77.6 Å². The molecule has 2 heterocycles. The van der Waals surface area contributed by atoms with Crippen molar-refractivity contribution in [3.63, 3.8) is 0 Å². The van der Waals surface area contributed by atoms with Crippen molar-refractivity contribution in [2.75, 3.05) is 33.4 Å². The number of ether oxygens (including phenoxy) is 1. The van der Waals surface area contributed by atoms with Gasteiger partial charge in [-0.1, -0.05) is 48.5 Å². The summed E-state index contributed by atoms with van der Waals surface area (Å²) < 4.78 is 5.35. The fraction of sp³-hybridized carbons (Fsp3) is 0.517. The number of hydrogen-bond donors (Lipinski definition) is 0. The zero-order valence-electron chi connectivity index (χ0n) is 20.6. The summed E-state index contributed by atoms with van der Waals surface area (Å²) in [6.07, 6.45) is 6.29. The van der Waals surface area contributed by atoms with Crippen molar-refractivity contribution >= 4 is 11.9 Å². The van der Waals surface area contributed by atoms with Crippen molar-refractivity contribution in [3.8, 4) is 0 Å². The van der Waals surface area contributed by atoms with Gasteiger partial charge in [0.25, 0.3) is 5.91 Å². The standard InChI is InChI=1S/C29H35N3O3/c1-35-17-16-31-28(34)32(26-19-23-8-4-5-9-24(23)20-26)27(33)29(31)12-14-30(15-13-29)25-11-10-21-6-2-3-7-22(21)18-25/h2-9,25-26H,10-20H2,1H3/t25-/m0/s1. The highest BCUT2D eigenvalue weighted by Crippen LogP contribution is 2.41. The topological polar surface area (TPSA) is 53.1 Å². The van der Waals surface area contributed by atoms with Crippen LogP contribution in [0.5, 0.6) is 0 Å². The maximum atomic E-state index is 14.1. The molecule has 2 aromatic carbocycles. The SMILES string of the molecule is COCCN1C(=O)N(C2Cc3ccccc3C2)C(=O)C12CCN([C@H]1CCc3ccccc3C1)CC2. The zero-order valence-corrected chi connectivity index (χ0v) is 20.6. The third-order valence-electron chi connectivity index (χ3n) is 8.95. The van der Waals surface area contributed by atoms with Gasteiger partial charge in [-0.2, -0.15) is 0 Å². The maximum absolute atomic E-state index is 14.1. The third kappa shape index (κ3) is 3.78. The minimum atomic E-state index is -0.729. The number of carbonyl (C=O) groups excluding carboxylic acids is 2. The molecule has 0 aromatic heterocycles. The van der Waals surface area contributed by atoms with E-state index < -0.39 is 5.54 Å². The molecule has 0 N–H and O–H groups in total. The monoisotopic (exact) mass is 473 g/mol. The smallest absolute Gasteiger partial charge is 0.328 e. The van der Waals surface area contributed by atoms with Crippen LogP contribution in [0.4, 0.5) is 4.79 Å². The largest absolute Gasteiger partial charge is 0.383 e. The first kappa shape index (κ1) is 22.7. The Morgan fingerprint density at radius 2 is 1.43 bits per heavy atom. The van der Waals surface area contributed by atoms with E-state index in [9.17, 15) is 9.59 Å². The van der Waals surface area contributed by atoms with E-state index in [4.69, 9.17) is 4.74 Å². The van der Waals surface area contributed by atoms with E-state index in [-0.39, 0.29) is 18.0 Å². The number of imide groups is 1. The molecule has 0 saturated carbocycles. The van der Waals surface area contributed by atoms with E-state index in [0.29, 0.717) is 32.0 Å². The van der Waals surface area contributed by atoms with Gasteiger partial charge in [0.1, 0.15) is 5.54 Å². The summed E-state index contributed by atoms with van der Waals surface area (Å²) in [4.78, 5) is 33.8. The molecule has 2 fully saturated rings. The van der Waals surface area contributed by atoms with Crippen LogP contribution < -0.4 is 0 Å². The number of hydrogen-bond acceptors (Lipinski definition) is 4. The maximum Gasteiger partial charge on any atom is 0.328 e. The number of likely N-dealkylation sites (tertiary alicyclic amines) is 1. The Morgan fingerprint density at radius 1 is 0.857 bits per heavy atom. The normalized spacial score (nSPS) is 24.3. The summed E-state index contributed by atoms with van der Waals surface area (Å²) in [5.74, 6) is 0.0186. The average Bonchev–Trinajstić information content (AvgIpc) is 3.40. The molecule has 184 valence electrons. The van der Waals surface area contributed by atoms with E-state index in [2.05, 4.69) is 41.3 Å². The van der Waals surface area contributed by atoms with Crippen LogP contribution in [0.3, 0.4) is 0 Å². The summed E-state index contributed by atoms with van der Waals surface area (Å²) >= 11 is 0. The molecule has 2 aromatic rings. The predicted molar refractivity (Wildman–Crippen MR) is 134 cm³/mol. The van der Waals surface area contributed by atoms with Crippen LogP contribution in [0.1, 0.15) is 41.5 Å². The Bertz CT molecular complexity index is 1100. The number of urea groups is 1. The van der Waals surface area contributed by atoms with Gasteiger partial charge in [-0.05, 0) is 67.2 Å². The van der Waals surface area contributed by atoms with E-state index >= 15 is 0 Å². The predicted octanol–water partition coefficient (Wildman–Crippen LogP) is 3.46. The number of carbonyl (C=O) groups is 2. The van der Waals surface area contributed by atoms with Gasteiger partial charge < -0.3 is 9.64 Å². The molecular weight excluding hydrogens is 438 g/mol. The molecule has 6 heteroatoms. The summed E-state index contributed by atoms with van der Waals surface area (Å²) in [6, 6.07) is 17.4. The fourth-order valence-electron chi connectivity index (χ4n) is 7.01. The molecule has 1 atom stereocenters. The van der Waals surface area contributed by atoms with Gasteiger partial charge in [-0.25, -0.2) is 4.79 Å². The lowest BCUT2D eigenvalue weighted by molar-refractivity contribution is -0.137. The first-order valence-corrected chi connectivity index (χ1v) is 13.1. The van der Waals surface area contributed by atoms with Gasteiger partial charge >= 0.3 is 6.03 Å². The molecule has 2 aliphatic heterocycles. The van der Waals surface area contributed by atoms with E-state index in [1.54, 1.807) is 12.0 Å². The number of amides is 3. The Morgan fingerprint density at radius 3 is 2.06 bits per heavy atom. The minimum Gasteiger partial charge on any atom is -0.383 e. The number of nitrogens with zero attached hydrogens (tertiary/aromatic N) is 3. The Balaban J connectivity index is 1.20. The number of rotatable bonds is 5. The van der Waals surface area contributed by atoms with Crippen LogP contribution in [0.25, 0.3) is 0 Å². The molecule has 4 aliphatic rings. The second-order valence-corrected chi connectivity index (χ2v) is 10.7. The van der Waals surface area contributed by atoms with Crippen LogP contribution in [0.2, 0.25) is 0 Å². The van der Waals surface area contributed by atoms with Crippen molar-refractivity contribution in [2.24, 2.45) is 0 Å². The van der Waals surface area contributed by atoms with Crippen molar-refractivity contribution in [1.29, 1.82) is 0 Å². The van der Waals surface area contributed by atoms with Gasteiger partial charge in [0.2, 0.25) is 0 Å². The first-order chi connectivity index (χ1) is 17.1. The van der Waals surface area contributed by atoms with Crippen molar-refractivity contribution < 1.29 is 14.3 Å². The molecule has 1 spiro atoms. The molecule has 6 rings (SSSR count). The lowest BCUT2D eigenvalue weighted by Crippen LogP contribution is -2.59. The van der Waals surface area contributed by atoms with E-state index in [1.165, 1.54) is 22.3 Å². The highest BCUT2D eigenvalue weighted by molar-refractivity contribution is 6.07. The lowest BCUT2D eigenvalue weighted by atomic mass is 9.82. The second-order valence-electron chi connectivity index (χ2n) is 10.7. The molecule has 3 amide bonds. The number of aryl methyl sites for hydroxylation is 1. The van der Waals surface area contributed by atoms with Gasteiger partial charge in [0.15, 0.2) is 0 Å². The lowest BCUT2D eigenvalue weighted by Gasteiger charge is -2.45. The van der Waals surface area contributed by atoms with Crippen LogP contribution in [0.15, 0.2) is 48.5 Å². The number of piperidine rings is 1. The molecule has 0 unspecified atom stereocenters. The molecule has 35 heavy (non-hydrogen) atoms. The fourth-order valence-corrected chi connectivity index (χ4v) is 7.01. The minimum absolute atomic E-state index is 0.0186. The van der Waals surface area contributed by atoms with Gasteiger partial charge in [-0.3, -0.25) is 14.6 Å². The average molecular weight is 474 g/mol. The van der Waals surface area contributed by atoms with Crippen molar-refractivity contribution in [2.45, 2.75) is 62.6 Å². The summed E-state index contributed by atoms with van der Waals surface area (Å²) in [6.45, 7) is 2.62. The second kappa shape index (κ2) is 9.07. The van der Waals surface area contributed by atoms with Crippen molar-refractivity contribution in [1.82, 2.24) is 14.7 Å². The van der Waals surface area contributed by atoms with Crippen LogP contribution in [0, 0.1) is 0 Å². The van der Waals surface area contributed by atoms with Crippen LogP contribution >= 0.6 is 0 Å². The number of benzene rings is 2. The van der Waals surface area contributed by atoms with Gasteiger partial charge in [0, 0.05) is 38.8 Å². The highest BCUT2D eigenvalue weighted by atomic mass is 16.5.